The van der Waals surface area contributed by atoms with Gasteiger partial charge in [-0.2, -0.15) is 5.10 Å². The zero-order valence-electron chi connectivity index (χ0n) is 9.46. The number of carbonyl (C=O) groups excluding carboxylic acids is 1. The van der Waals surface area contributed by atoms with Gasteiger partial charge in [0.15, 0.2) is 0 Å². The van der Waals surface area contributed by atoms with E-state index in [0.29, 0.717) is 31.8 Å². The second-order valence-corrected chi connectivity index (χ2v) is 3.83. The molecule has 16 heavy (non-hydrogen) atoms. The molecule has 1 heterocycles. The number of hydrogen-bond acceptors (Lipinski definition) is 4. The summed E-state index contributed by atoms with van der Waals surface area (Å²) in [5, 5.41) is 15.4. The van der Waals surface area contributed by atoms with Crippen LogP contribution in [0.3, 0.4) is 0 Å². The quantitative estimate of drug-likeness (QED) is 0.675. The van der Waals surface area contributed by atoms with Gasteiger partial charge >= 0.3 is 0 Å². The molecule has 1 aromatic heterocycles. The van der Waals surface area contributed by atoms with Crippen LogP contribution < -0.4 is 5.32 Å². The van der Waals surface area contributed by atoms with Crippen LogP contribution in [-0.2, 0) is 11.3 Å². The zero-order chi connectivity index (χ0) is 11.8. The van der Waals surface area contributed by atoms with Gasteiger partial charge in [-0.05, 0) is 12.3 Å². The average Bonchev–Trinajstić information content (AvgIpc) is 2.77. The van der Waals surface area contributed by atoms with Gasteiger partial charge in [-0.25, -0.2) is 4.98 Å². The minimum absolute atomic E-state index is 0.000268. The summed E-state index contributed by atoms with van der Waals surface area (Å²) in [4.78, 5) is 15.2. The fraction of sp³-hybridized carbons (Fsp3) is 0.700. The molecule has 0 saturated heterocycles. The molecule has 2 N–H and O–H groups in total. The van der Waals surface area contributed by atoms with Gasteiger partial charge in [0.05, 0.1) is 6.54 Å². The number of rotatable bonds is 7. The molecular weight excluding hydrogens is 208 g/mol. The van der Waals surface area contributed by atoms with Crippen LogP contribution >= 0.6 is 0 Å². The lowest BCUT2D eigenvalue weighted by molar-refractivity contribution is -0.121. The Kier molecular flexibility index (Phi) is 5.49. The molecule has 6 nitrogen and oxygen atoms in total. The first-order valence-corrected chi connectivity index (χ1v) is 5.42. The largest absolute Gasteiger partial charge is 0.396 e. The number of amides is 1. The lowest BCUT2D eigenvalue weighted by atomic mass is 10.1. The lowest BCUT2D eigenvalue weighted by Crippen LogP contribution is -2.29. The van der Waals surface area contributed by atoms with Crippen molar-refractivity contribution in [2.45, 2.75) is 26.3 Å². The summed E-state index contributed by atoms with van der Waals surface area (Å²) in [6.45, 7) is 3.31. The molecule has 0 radical (unpaired) electrons. The molecule has 0 saturated carbocycles. The number of carbonyl (C=O) groups is 1. The molecule has 0 bridgehead atoms. The van der Waals surface area contributed by atoms with Crippen LogP contribution in [0.4, 0.5) is 0 Å². The Morgan fingerprint density at radius 3 is 3.06 bits per heavy atom. The van der Waals surface area contributed by atoms with E-state index < -0.39 is 0 Å². The third-order valence-electron chi connectivity index (χ3n) is 2.30. The highest BCUT2D eigenvalue weighted by atomic mass is 16.3. The second-order valence-electron chi connectivity index (χ2n) is 3.83. The Labute approximate surface area is 94.7 Å². The smallest absolute Gasteiger partial charge is 0.221 e. The van der Waals surface area contributed by atoms with Crippen molar-refractivity contribution in [1.82, 2.24) is 20.1 Å². The topological polar surface area (TPSA) is 80.0 Å². The summed E-state index contributed by atoms with van der Waals surface area (Å²) >= 11 is 0. The third kappa shape index (κ3) is 4.88. The van der Waals surface area contributed by atoms with Crippen molar-refractivity contribution in [2.24, 2.45) is 5.92 Å². The molecule has 0 fully saturated rings. The number of nitrogens with one attached hydrogen (secondary N) is 1. The molecule has 0 aliphatic rings. The maximum absolute atomic E-state index is 11.4. The summed E-state index contributed by atoms with van der Waals surface area (Å²) in [6.07, 6.45) is 4.14. The standard InChI is InChI=1S/C10H18N4O2/c1-9(3-5-15)6-12-10(16)2-4-14-8-11-7-13-14/h7-9,15H,2-6H2,1H3,(H,12,16). The monoisotopic (exact) mass is 226 g/mol. The minimum atomic E-state index is 0.000268. The summed E-state index contributed by atoms with van der Waals surface area (Å²) in [5.41, 5.74) is 0. The van der Waals surface area contributed by atoms with E-state index in [1.54, 1.807) is 11.0 Å². The Hall–Kier alpha value is -1.43. The van der Waals surface area contributed by atoms with Gasteiger partial charge in [0.2, 0.25) is 5.91 Å². The number of aliphatic hydroxyl groups excluding tert-OH is 1. The highest BCUT2D eigenvalue weighted by Gasteiger charge is 2.05. The van der Waals surface area contributed by atoms with E-state index in [4.69, 9.17) is 5.11 Å². The molecular formula is C10H18N4O2. The first-order valence-electron chi connectivity index (χ1n) is 5.42. The number of aliphatic hydroxyl groups is 1. The van der Waals surface area contributed by atoms with Crippen LogP contribution in [0.1, 0.15) is 19.8 Å². The first kappa shape index (κ1) is 12.6. The predicted octanol–water partition coefficient (Wildman–Crippen LogP) is -0.197. The molecule has 0 aliphatic heterocycles. The minimum Gasteiger partial charge on any atom is -0.396 e. The van der Waals surface area contributed by atoms with Gasteiger partial charge in [-0.1, -0.05) is 6.92 Å². The van der Waals surface area contributed by atoms with Crippen LogP contribution in [0.5, 0.6) is 0 Å². The van der Waals surface area contributed by atoms with E-state index in [9.17, 15) is 4.79 Å². The number of aryl methyl sites for hydroxylation is 1. The first-order chi connectivity index (χ1) is 7.72. The van der Waals surface area contributed by atoms with Gasteiger partial charge in [0.25, 0.3) is 0 Å². The summed E-state index contributed by atoms with van der Waals surface area (Å²) in [6, 6.07) is 0. The lowest BCUT2D eigenvalue weighted by Gasteiger charge is -2.10. The Bertz CT molecular complexity index is 300. The van der Waals surface area contributed by atoms with Crippen molar-refractivity contribution in [3.05, 3.63) is 12.7 Å². The molecule has 1 atom stereocenters. The van der Waals surface area contributed by atoms with Crippen LogP contribution in [0.2, 0.25) is 0 Å². The van der Waals surface area contributed by atoms with Crippen molar-refractivity contribution >= 4 is 5.91 Å². The fourth-order valence-electron chi connectivity index (χ4n) is 1.26. The molecule has 1 rings (SSSR count). The molecule has 6 heteroatoms. The van der Waals surface area contributed by atoms with Crippen molar-refractivity contribution in [2.75, 3.05) is 13.2 Å². The van der Waals surface area contributed by atoms with Crippen LogP contribution in [0.25, 0.3) is 0 Å². The van der Waals surface area contributed by atoms with Crippen molar-refractivity contribution in [1.29, 1.82) is 0 Å². The number of hydrogen-bond donors (Lipinski definition) is 2. The Morgan fingerprint density at radius 2 is 2.44 bits per heavy atom. The highest BCUT2D eigenvalue weighted by Crippen LogP contribution is 1.98. The third-order valence-corrected chi connectivity index (χ3v) is 2.30. The molecule has 0 aromatic carbocycles. The van der Waals surface area contributed by atoms with Crippen molar-refractivity contribution in [3.8, 4) is 0 Å². The van der Waals surface area contributed by atoms with Crippen molar-refractivity contribution in [3.63, 3.8) is 0 Å². The van der Waals surface area contributed by atoms with E-state index in [1.165, 1.54) is 6.33 Å². The van der Waals surface area contributed by atoms with E-state index >= 15 is 0 Å². The fourth-order valence-corrected chi connectivity index (χ4v) is 1.26. The SMILES string of the molecule is CC(CCO)CNC(=O)CCn1cncn1. The predicted molar refractivity (Wildman–Crippen MR) is 58.5 cm³/mol. The zero-order valence-corrected chi connectivity index (χ0v) is 9.46. The van der Waals surface area contributed by atoms with E-state index in [1.807, 2.05) is 6.92 Å². The van der Waals surface area contributed by atoms with Gasteiger partial charge < -0.3 is 10.4 Å². The van der Waals surface area contributed by atoms with Gasteiger partial charge in [0.1, 0.15) is 12.7 Å². The molecule has 1 unspecified atom stereocenters. The van der Waals surface area contributed by atoms with Crippen LogP contribution in [0.15, 0.2) is 12.7 Å². The van der Waals surface area contributed by atoms with Gasteiger partial charge in [0, 0.05) is 19.6 Å². The van der Waals surface area contributed by atoms with E-state index in [0.717, 1.165) is 0 Å². The normalized spacial score (nSPS) is 12.4. The molecule has 1 aromatic rings. The van der Waals surface area contributed by atoms with E-state index in [-0.39, 0.29) is 12.5 Å². The summed E-state index contributed by atoms with van der Waals surface area (Å²) in [5.74, 6) is 0.306. The Morgan fingerprint density at radius 1 is 1.62 bits per heavy atom. The molecule has 1 amide bonds. The maximum Gasteiger partial charge on any atom is 0.221 e. The van der Waals surface area contributed by atoms with Crippen LogP contribution in [0, 0.1) is 5.92 Å². The van der Waals surface area contributed by atoms with Crippen LogP contribution in [-0.4, -0.2) is 38.9 Å². The number of nitrogens with zero attached hydrogens (tertiary/aromatic N) is 3. The Balaban J connectivity index is 2.11. The highest BCUT2D eigenvalue weighted by molar-refractivity contribution is 5.75. The maximum atomic E-state index is 11.4. The number of aromatic nitrogens is 3. The van der Waals surface area contributed by atoms with Gasteiger partial charge in [-0.15, -0.1) is 0 Å². The molecule has 90 valence electrons. The molecule has 0 spiro atoms. The average molecular weight is 226 g/mol. The van der Waals surface area contributed by atoms with E-state index in [2.05, 4.69) is 15.4 Å². The summed E-state index contributed by atoms with van der Waals surface area (Å²) in [7, 11) is 0. The molecule has 0 aliphatic carbocycles. The van der Waals surface area contributed by atoms with Crippen molar-refractivity contribution < 1.29 is 9.90 Å². The van der Waals surface area contributed by atoms with Gasteiger partial charge in [-0.3, -0.25) is 9.48 Å². The summed E-state index contributed by atoms with van der Waals surface area (Å²) < 4.78 is 1.62. The second kappa shape index (κ2) is 6.95.